The summed E-state index contributed by atoms with van der Waals surface area (Å²) in [7, 11) is -3.69. The Morgan fingerprint density at radius 2 is 2.09 bits per heavy atom. The Labute approximate surface area is 201 Å². The van der Waals surface area contributed by atoms with Gasteiger partial charge in [0, 0.05) is 6.42 Å². The molecule has 9 nitrogen and oxygen atoms in total. The van der Waals surface area contributed by atoms with Gasteiger partial charge in [0.2, 0.25) is 15.9 Å². The number of halogens is 1. The van der Waals surface area contributed by atoms with E-state index in [9.17, 15) is 18.0 Å². The first-order valence-electron chi connectivity index (χ1n) is 11.0. The van der Waals surface area contributed by atoms with E-state index in [0.29, 0.717) is 43.8 Å². The second-order valence-electron chi connectivity index (χ2n) is 8.97. The first-order chi connectivity index (χ1) is 15.7. The number of aromatic nitrogens is 1. The number of nitrogens with one attached hydrogen (secondary N) is 2. The van der Waals surface area contributed by atoms with E-state index in [0.717, 1.165) is 10.2 Å². The van der Waals surface area contributed by atoms with Gasteiger partial charge in [-0.25, -0.2) is 17.8 Å². The SMILES string of the molecule is CC[C@@H]1C[C@]1(NC(=O)[C@@H]1C[C@@H](Oc2nc3ccccc3s2)CN1Cl)C(=O)NS(=O)(=O)C1CC1. The first-order valence-corrected chi connectivity index (χ1v) is 13.7. The highest BCUT2D eigenvalue weighted by Gasteiger charge is 2.62. The van der Waals surface area contributed by atoms with Gasteiger partial charge in [0.05, 0.1) is 22.0 Å². The molecule has 2 saturated carbocycles. The molecule has 0 bridgehead atoms. The summed E-state index contributed by atoms with van der Waals surface area (Å²) in [6, 6.07) is 7.02. The van der Waals surface area contributed by atoms with Crippen LogP contribution in [0.15, 0.2) is 24.3 Å². The Morgan fingerprint density at radius 1 is 1.33 bits per heavy atom. The van der Waals surface area contributed by atoms with Gasteiger partial charge in [-0.3, -0.25) is 14.3 Å². The van der Waals surface area contributed by atoms with Gasteiger partial charge in [0.15, 0.2) is 0 Å². The fourth-order valence-electron chi connectivity index (χ4n) is 4.42. The maximum absolute atomic E-state index is 13.1. The second kappa shape index (κ2) is 8.37. The van der Waals surface area contributed by atoms with Crippen molar-refractivity contribution in [2.24, 2.45) is 5.92 Å². The van der Waals surface area contributed by atoms with Crippen LogP contribution in [0.4, 0.5) is 0 Å². The Balaban J connectivity index is 1.24. The van der Waals surface area contributed by atoms with Crippen molar-refractivity contribution in [3.8, 4) is 5.19 Å². The van der Waals surface area contributed by atoms with Crippen molar-refractivity contribution in [2.45, 2.75) is 62.0 Å². The Kier molecular flexibility index (Phi) is 5.79. The van der Waals surface area contributed by atoms with Crippen LogP contribution < -0.4 is 14.8 Å². The third-order valence-corrected chi connectivity index (χ3v) is 9.71. The van der Waals surface area contributed by atoms with Crippen molar-refractivity contribution >= 4 is 55.2 Å². The molecule has 1 saturated heterocycles. The third kappa shape index (κ3) is 4.43. The van der Waals surface area contributed by atoms with Crippen LogP contribution in [0.3, 0.4) is 0 Å². The summed E-state index contributed by atoms with van der Waals surface area (Å²) in [5.74, 6) is -1.18. The quantitative estimate of drug-likeness (QED) is 0.520. The van der Waals surface area contributed by atoms with Crippen LogP contribution in [0.1, 0.15) is 39.0 Å². The van der Waals surface area contributed by atoms with E-state index in [2.05, 4.69) is 15.0 Å². The highest BCUT2D eigenvalue weighted by atomic mass is 35.5. The second-order valence-corrected chi connectivity index (χ2v) is 12.4. The number of benzene rings is 1. The molecule has 2 aliphatic carbocycles. The van der Waals surface area contributed by atoms with Gasteiger partial charge in [-0.15, -0.1) is 0 Å². The molecule has 3 fully saturated rings. The summed E-state index contributed by atoms with van der Waals surface area (Å²) >= 11 is 7.78. The number of hydrogen-bond donors (Lipinski definition) is 2. The minimum Gasteiger partial charge on any atom is -0.465 e. The molecule has 178 valence electrons. The van der Waals surface area contributed by atoms with Crippen molar-refractivity contribution in [3.05, 3.63) is 24.3 Å². The van der Waals surface area contributed by atoms with Gasteiger partial charge in [0.1, 0.15) is 17.7 Å². The van der Waals surface area contributed by atoms with E-state index in [1.165, 1.54) is 15.8 Å². The Hall–Kier alpha value is -1.95. The van der Waals surface area contributed by atoms with E-state index in [1.54, 1.807) is 0 Å². The lowest BCUT2D eigenvalue weighted by Crippen LogP contribution is -2.55. The number of hydrogen-bond acceptors (Lipinski definition) is 8. The molecule has 0 unspecified atom stereocenters. The molecule has 0 radical (unpaired) electrons. The summed E-state index contributed by atoms with van der Waals surface area (Å²) in [6.45, 7) is 2.23. The van der Waals surface area contributed by atoms with Gasteiger partial charge in [-0.05, 0) is 49.1 Å². The van der Waals surface area contributed by atoms with Crippen LogP contribution in [0, 0.1) is 5.92 Å². The van der Waals surface area contributed by atoms with Crippen LogP contribution in [-0.2, 0) is 19.6 Å². The van der Waals surface area contributed by atoms with Crippen molar-refractivity contribution in [3.63, 3.8) is 0 Å². The molecule has 2 amide bonds. The number of fused-ring (bicyclic) bond motifs is 1. The normalized spacial score (nSPS) is 29.7. The molecule has 4 atom stereocenters. The maximum atomic E-state index is 13.1. The topological polar surface area (TPSA) is 118 Å². The first kappa shape index (κ1) is 22.8. The van der Waals surface area contributed by atoms with Crippen LogP contribution >= 0.6 is 23.1 Å². The fraction of sp³-hybridized carbons (Fsp3) is 0.571. The summed E-state index contributed by atoms with van der Waals surface area (Å²) < 4.78 is 35.1. The average Bonchev–Trinajstić information content (AvgIpc) is 3.66. The molecule has 5 rings (SSSR count). The highest BCUT2D eigenvalue weighted by Crippen LogP contribution is 2.47. The van der Waals surface area contributed by atoms with Crippen LogP contribution in [0.2, 0.25) is 0 Å². The number of rotatable bonds is 8. The molecule has 2 N–H and O–H groups in total. The monoisotopic (exact) mass is 512 g/mol. The van der Waals surface area contributed by atoms with E-state index in [-0.39, 0.29) is 12.0 Å². The van der Waals surface area contributed by atoms with Gasteiger partial charge in [-0.1, -0.05) is 36.8 Å². The molecular formula is C21H25ClN4O5S2. The number of para-hydroxylation sites is 1. The number of carbonyl (C=O) groups excluding carboxylic acids is 2. The zero-order valence-electron chi connectivity index (χ0n) is 18.0. The van der Waals surface area contributed by atoms with Gasteiger partial charge < -0.3 is 10.1 Å². The van der Waals surface area contributed by atoms with Gasteiger partial charge >= 0.3 is 0 Å². The molecule has 2 aromatic rings. The smallest absolute Gasteiger partial charge is 0.274 e. The minimum atomic E-state index is -3.69. The number of sulfonamides is 1. The molecule has 1 aromatic carbocycles. The van der Waals surface area contributed by atoms with Crippen LogP contribution in [0.5, 0.6) is 5.19 Å². The lowest BCUT2D eigenvalue weighted by atomic mass is 10.1. The molecule has 0 spiro atoms. The minimum absolute atomic E-state index is 0.115. The average molecular weight is 513 g/mol. The molecule has 1 aromatic heterocycles. The molecule has 1 aliphatic heterocycles. The number of carbonyl (C=O) groups is 2. The molecule has 33 heavy (non-hydrogen) atoms. The van der Waals surface area contributed by atoms with Crippen LogP contribution in [0.25, 0.3) is 10.2 Å². The lowest BCUT2D eigenvalue weighted by molar-refractivity contribution is -0.131. The van der Waals surface area contributed by atoms with Crippen molar-refractivity contribution < 1.29 is 22.7 Å². The molecule has 12 heteroatoms. The Bertz CT molecular complexity index is 1170. The van der Waals surface area contributed by atoms with E-state index >= 15 is 0 Å². The maximum Gasteiger partial charge on any atom is 0.274 e. The van der Waals surface area contributed by atoms with E-state index in [4.69, 9.17) is 16.5 Å². The third-order valence-electron chi connectivity index (χ3n) is 6.59. The summed E-state index contributed by atoms with van der Waals surface area (Å²) in [6.07, 6.45) is 2.16. The zero-order valence-corrected chi connectivity index (χ0v) is 20.4. The van der Waals surface area contributed by atoms with E-state index in [1.807, 2.05) is 31.2 Å². The molecule has 2 heterocycles. The molecular weight excluding hydrogens is 488 g/mol. The number of ether oxygens (including phenoxy) is 1. The summed E-state index contributed by atoms with van der Waals surface area (Å²) in [5.41, 5.74) is -0.363. The predicted octanol–water partition coefficient (Wildman–Crippen LogP) is 2.17. The van der Waals surface area contributed by atoms with E-state index < -0.39 is 38.7 Å². The largest absolute Gasteiger partial charge is 0.465 e. The Morgan fingerprint density at radius 3 is 2.76 bits per heavy atom. The van der Waals surface area contributed by atoms with Crippen LogP contribution in [-0.4, -0.2) is 59.1 Å². The zero-order chi connectivity index (χ0) is 23.4. The van der Waals surface area contributed by atoms with Gasteiger partial charge in [-0.2, -0.15) is 0 Å². The summed E-state index contributed by atoms with van der Waals surface area (Å²) in [4.78, 5) is 30.4. The fourth-order valence-corrected chi connectivity index (χ4v) is 6.99. The number of nitrogens with zero attached hydrogens (tertiary/aromatic N) is 2. The predicted molar refractivity (Wildman–Crippen MR) is 124 cm³/mol. The highest BCUT2D eigenvalue weighted by molar-refractivity contribution is 7.91. The number of thiazole rings is 1. The standard InChI is InChI=1S/C21H25ClN4O5S2/c1-2-12-10-21(12,19(28)25-33(29,30)14-7-8-14)24-18(27)16-9-13(11-26(16)22)31-20-23-15-5-3-4-6-17(15)32-20/h3-6,12-14,16H,2,7-11H2,1H3,(H,24,27)(H,25,28)/t12-,13-,16+,21-/m1/s1. The lowest BCUT2D eigenvalue weighted by Gasteiger charge is -2.23. The van der Waals surface area contributed by atoms with Crippen molar-refractivity contribution in [1.29, 1.82) is 0 Å². The molecule has 3 aliphatic rings. The van der Waals surface area contributed by atoms with Gasteiger partial charge in [0.25, 0.3) is 11.1 Å². The van der Waals surface area contributed by atoms with Crippen molar-refractivity contribution in [1.82, 2.24) is 19.4 Å². The number of amides is 2. The summed E-state index contributed by atoms with van der Waals surface area (Å²) in [5, 5.41) is 2.82. The van der Waals surface area contributed by atoms with Crippen molar-refractivity contribution in [2.75, 3.05) is 6.54 Å².